The van der Waals surface area contributed by atoms with E-state index in [1.54, 1.807) is 6.20 Å². The lowest BCUT2D eigenvalue weighted by Gasteiger charge is -2.12. The van der Waals surface area contributed by atoms with E-state index in [0.29, 0.717) is 17.5 Å². The molecule has 0 bridgehead atoms. The number of hydrogen-bond acceptors (Lipinski definition) is 6. The van der Waals surface area contributed by atoms with Crippen LogP contribution in [0.1, 0.15) is 12.6 Å². The topological polar surface area (TPSA) is 91.8 Å². The summed E-state index contributed by atoms with van der Waals surface area (Å²) in [5, 5.41) is 10.3. The molecule has 0 fully saturated rings. The highest BCUT2D eigenvalue weighted by Crippen LogP contribution is 2.25. The standard InChI is InChI=1S/C22H20N6O/c1-14-12-20(27-19-10-3-6-16-7-5-11-23-21(16)19)28-22(24-14)26-18-9-4-8-17(13-18)25-15(2)29/h3-13H,1-2H3,(H,25,29)(H2,24,26,27,28). The second-order valence-electron chi connectivity index (χ2n) is 6.61. The van der Waals surface area contributed by atoms with E-state index in [9.17, 15) is 4.79 Å². The first kappa shape index (κ1) is 18.4. The number of fused-ring (bicyclic) bond motifs is 1. The number of anilines is 5. The molecule has 144 valence electrons. The fraction of sp³-hybridized carbons (Fsp3) is 0.0909. The number of pyridine rings is 1. The first-order chi connectivity index (χ1) is 14.1. The Hall–Kier alpha value is -4.00. The Morgan fingerprint density at radius 1 is 0.897 bits per heavy atom. The summed E-state index contributed by atoms with van der Waals surface area (Å²) >= 11 is 0. The fourth-order valence-electron chi connectivity index (χ4n) is 3.04. The van der Waals surface area contributed by atoms with Crippen molar-refractivity contribution < 1.29 is 4.79 Å². The molecule has 7 heteroatoms. The van der Waals surface area contributed by atoms with E-state index in [-0.39, 0.29) is 5.91 Å². The van der Waals surface area contributed by atoms with Gasteiger partial charge in [-0.2, -0.15) is 4.98 Å². The summed E-state index contributed by atoms with van der Waals surface area (Å²) in [6.07, 6.45) is 1.77. The van der Waals surface area contributed by atoms with Crippen LogP contribution >= 0.6 is 0 Å². The second kappa shape index (κ2) is 7.93. The van der Waals surface area contributed by atoms with E-state index in [1.165, 1.54) is 6.92 Å². The summed E-state index contributed by atoms with van der Waals surface area (Å²) in [4.78, 5) is 24.8. The monoisotopic (exact) mass is 384 g/mol. The van der Waals surface area contributed by atoms with Crippen LogP contribution < -0.4 is 16.0 Å². The average Bonchev–Trinajstić information content (AvgIpc) is 2.68. The summed E-state index contributed by atoms with van der Waals surface area (Å²) in [6, 6.07) is 19.2. The molecule has 0 saturated heterocycles. The van der Waals surface area contributed by atoms with E-state index >= 15 is 0 Å². The molecule has 2 heterocycles. The van der Waals surface area contributed by atoms with E-state index in [2.05, 4.69) is 30.9 Å². The molecule has 1 amide bonds. The zero-order chi connectivity index (χ0) is 20.2. The largest absolute Gasteiger partial charge is 0.338 e. The summed E-state index contributed by atoms with van der Waals surface area (Å²) in [5.41, 5.74) is 4.05. The Labute approximate surface area is 168 Å². The van der Waals surface area contributed by atoms with E-state index in [4.69, 9.17) is 0 Å². The van der Waals surface area contributed by atoms with Gasteiger partial charge in [-0.25, -0.2) is 4.98 Å². The lowest BCUT2D eigenvalue weighted by molar-refractivity contribution is -0.114. The Kier molecular flexibility index (Phi) is 5.03. The number of nitrogens with one attached hydrogen (secondary N) is 3. The van der Waals surface area contributed by atoms with Gasteiger partial charge in [-0.15, -0.1) is 0 Å². The molecule has 2 aromatic carbocycles. The summed E-state index contributed by atoms with van der Waals surface area (Å²) < 4.78 is 0. The number of hydrogen-bond donors (Lipinski definition) is 3. The molecular weight excluding hydrogens is 364 g/mol. The van der Waals surface area contributed by atoms with Crippen molar-refractivity contribution in [1.82, 2.24) is 15.0 Å². The van der Waals surface area contributed by atoms with E-state index in [1.807, 2.05) is 67.6 Å². The minimum Gasteiger partial charge on any atom is -0.338 e. The van der Waals surface area contributed by atoms with Crippen molar-refractivity contribution >= 4 is 45.6 Å². The van der Waals surface area contributed by atoms with Crippen molar-refractivity contribution in [3.63, 3.8) is 0 Å². The molecular formula is C22H20N6O. The molecule has 2 aromatic heterocycles. The Morgan fingerprint density at radius 2 is 1.69 bits per heavy atom. The third kappa shape index (κ3) is 4.47. The predicted octanol–water partition coefficient (Wildman–Crippen LogP) is 4.78. The molecule has 0 spiro atoms. The van der Waals surface area contributed by atoms with Crippen molar-refractivity contribution in [3.8, 4) is 0 Å². The van der Waals surface area contributed by atoms with Crippen LogP contribution in [-0.2, 0) is 4.79 Å². The quantitative estimate of drug-likeness (QED) is 0.459. The normalized spacial score (nSPS) is 10.6. The van der Waals surface area contributed by atoms with Gasteiger partial charge in [0.25, 0.3) is 0 Å². The van der Waals surface area contributed by atoms with Gasteiger partial charge in [0.2, 0.25) is 11.9 Å². The predicted molar refractivity (Wildman–Crippen MR) is 116 cm³/mol. The van der Waals surface area contributed by atoms with Crippen molar-refractivity contribution in [2.24, 2.45) is 0 Å². The van der Waals surface area contributed by atoms with Gasteiger partial charge in [-0.05, 0) is 37.3 Å². The third-order valence-electron chi connectivity index (χ3n) is 4.19. The summed E-state index contributed by atoms with van der Waals surface area (Å²) in [5.74, 6) is 1.00. The fourth-order valence-corrected chi connectivity index (χ4v) is 3.04. The van der Waals surface area contributed by atoms with Gasteiger partial charge in [0.15, 0.2) is 0 Å². The maximum atomic E-state index is 11.3. The minimum atomic E-state index is -0.121. The number of para-hydroxylation sites is 1. The Balaban J connectivity index is 1.60. The minimum absolute atomic E-state index is 0.121. The zero-order valence-corrected chi connectivity index (χ0v) is 16.1. The van der Waals surface area contributed by atoms with Gasteiger partial charge >= 0.3 is 0 Å². The van der Waals surface area contributed by atoms with Crippen molar-refractivity contribution in [1.29, 1.82) is 0 Å². The molecule has 0 atom stereocenters. The first-order valence-corrected chi connectivity index (χ1v) is 9.18. The van der Waals surface area contributed by atoms with E-state index < -0.39 is 0 Å². The zero-order valence-electron chi connectivity index (χ0n) is 16.1. The number of carbonyl (C=O) groups is 1. The van der Waals surface area contributed by atoms with Crippen molar-refractivity contribution in [3.05, 3.63) is 72.6 Å². The van der Waals surface area contributed by atoms with E-state index in [0.717, 1.165) is 28.0 Å². The molecule has 0 unspecified atom stereocenters. The molecule has 29 heavy (non-hydrogen) atoms. The van der Waals surface area contributed by atoms with Crippen LogP contribution in [0.3, 0.4) is 0 Å². The second-order valence-corrected chi connectivity index (χ2v) is 6.61. The van der Waals surface area contributed by atoms with Crippen LogP contribution in [-0.4, -0.2) is 20.9 Å². The molecule has 4 aromatic rings. The smallest absolute Gasteiger partial charge is 0.229 e. The van der Waals surface area contributed by atoms with Gasteiger partial charge in [0.1, 0.15) is 5.82 Å². The highest BCUT2D eigenvalue weighted by Gasteiger charge is 2.07. The first-order valence-electron chi connectivity index (χ1n) is 9.18. The molecule has 0 radical (unpaired) electrons. The number of aromatic nitrogens is 3. The third-order valence-corrected chi connectivity index (χ3v) is 4.19. The van der Waals surface area contributed by atoms with Gasteiger partial charge in [0.05, 0.1) is 11.2 Å². The molecule has 7 nitrogen and oxygen atoms in total. The summed E-state index contributed by atoms with van der Waals surface area (Å²) in [6.45, 7) is 3.39. The van der Waals surface area contributed by atoms with Crippen LogP contribution in [0.25, 0.3) is 10.9 Å². The van der Waals surface area contributed by atoms with Crippen LogP contribution in [0.15, 0.2) is 66.9 Å². The number of carbonyl (C=O) groups excluding carboxylic acids is 1. The van der Waals surface area contributed by atoms with Crippen LogP contribution in [0.5, 0.6) is 0 Å². The summed E-state index contributed by atoms with van der Waals surface area (Å²) in [7, 11) is 0. The maximum Gasteiger partial charge on any atom is 0.229 e. The SMILES string of the molecule is CC(=O)Nc1cccc(Nc2nc(C)cc(Nc3cccc4cccnc34)n2)c1. The van der Waals surface area contributed by atoms with Gasteiger partial charge in [-0.1, -0.05) is 24.3 Å². The lowest BCUT2D eigenvalue weighted by Crippen LogP contribution is -2.06. The molecule has 0 aliphatic carbocycles. The van der Waals surface area contributed by atoms with Gasteiger partial charge in [-0.3, -0.25) is 9.78 Å². The van der Waals surface area contributed by atoms with Crippen molar-refractivity contribution in [2.75, 3.05) is 16.0 Å². The Bertz CT molecular complexity index is 1190. The number of amides is 1. The lowest BCUT2D eigenvalue weighted by atomic mass is 10.2. The average molecular weight is 384 g/mol. The number of benzene rings is 2. The van der Waals surface area contributed by atoms with Crippen LogP contribution in [0.2, 0.25) is 0 Å². The number of rotatable bonds is 5. The highest BCUT2D eigenvalue weighted by molar-refractivity contribution is 5.91. The van der Waals surface area contributed by atoms with Gasteiger partial charge < -0.3 is 16.0 Å². The Morgan fingerprint density at radius 3 is 2.55 bits per heavy atom. The molecule has 0 saturated carbocycles. The number of nitrogens with zero attached hydrogens (tertiary/aromatic N) is 3. The molecule has 0 aliphatic heterocycles. The van der Waals surface area contributed by atoms with Crippen molar-refractivity contribution in [2.45, 2.75) is 13.8 Å². The molecule has 0 aliphatic rings. The highest BCUT2D eigenvalue weighted by atomic mass is 16.1. The molecule has 4 rings (SSSR count). The maximum absolute atomic E-state index is 11.3. The van der Waals surface area contributed by atoms with Gasteiger partial charge in [0, 0.05) is 41.6 Å². The van der Waals surface area contributed by atoms with Crippen LogP contribution in [0.4, 0.5) is 28.8 Å². The van der Waals surface area contributed by atoms with Crippen LogP contribution in [0, 0.1) is 6.92 Å². The molecule has 3 N–H and O–H groups in total. The number of aryl methyl sites for hydroxylation is 1.